The molecule has 1 atom stereocenters. The van der Waals surface area contributed by atoms with E-state index in [2.05, 4.69) is 4.72 Å². The van der Waals surface area contributed by atoms with Gasteiger partial charge in [-0.25, -0.2) is 21.6 Å². The number of sulfonamides is 1. The van der Waals surface area contributed by atoms with Gasteiger partial charge < -0.3 is 4.42 Å². The summed E-state index contributed by atoms with van der Waals surface area (Å²) in [5.74, 6) is 0.185. The van der Waals surface area contributed by atoms with E-state index in [1.165, 1.54) is 30.5 Å². The minimum atomic E-state index is -3.84. The van der Waals surface area contributed by atoms with Crippen molar-refractivity contribution in [3.05, 3.63) is 71.5 Å². The molecule has 0 saturated carbocycles. The van der Waals surface area contributed by atoms with E-state index in [0.29, 0.717) is 0 Å². The first-order valence-electron chi connectivity index (χ1n) is 7.68. The Bertz CT molecular complexity index is 1050. The van der Waals surface area contributed by atoms with E-state index in [1.807, 2.05) is 6.92 Å². The van der Waals surface area contributed by atoms with Gasteiger partial charge in [0.15, 0.2) is 9.84 Å². The molecule has 0 bridgehead atoms. The fraction of sp³-hybridized carbons (Fsp3) is 0.176. The Morgan fingerprint density at radius 3 is 2.35 bits per heavy atom. The summed E-state index contributed by atoms with van der Waals surface area (Å²) in [4.78, 5) is 0.0785. The van der Waals surface area contributed by atoms with Crippen LogP contribution in [0.5, 0.6) is 0 Å². The van der Waals surface area contributed by atoms with Crippen LogP contribution in [0.2, 0.25) is 0 Å². The average molecular weight is 412 g/mol. The van der Waals surface area contributed by atoms with Crippen LogP contribution in [0.1, 0.15) is 16.6 Å². The van der Waals surface area contributed by atoms with E-state index in [-0.39, 0.29) is 21.4 Å². The van der Waals surface area contributed by atoms with Gasteiger partial charge in [-0.15, -0.1) is 11.3 Å². The molecule has 0 saturated heterocycles. The lowest BCUT2D eigenvalue weighted by atomic mass is 10.2. The number of thiophene rings is 1. The number of benzene rings is 1. The summed E-state index contributed by atoms with van der Waals surface area (Å²) in [7, 11) is -7.64. The molecule has 0 spiro atoms. The highest BCUT2D eigenvalue weighted by molar-refractivity contribution is 7.93. The monoisotopic (exact) mass is 411 g/mol. The quantitative estimate of drug-likeness (QED) is 0.645. The predicted molar refractivity (Wildman–Crippen MR) is 99.3 cm³/mol. The van der Waals surface area contributed by atoms with Crippen LogP contribution < -0.4 is 4.72 Å². The van der Waals surface area contributed by atoms with Gasteiger partial charge in [-0.05, 0) is 42.6 Å². The van der Waals surface area contributed by atoms with Gasteiger partial charge in [-0.3, -0.25) is 0 Å². The molecule has 1 unspecified atom stereocenters. The van der Waals surface area contributed by atoms with Gasteiger partial charge in [0.05, 0.1) is 11.2 Å². The molecule has 0 fully saturated rings. The van der Waals surface area contributed by atoms with Crippen molar-refractivity contribution in [1.29, 1.82) is 0 Å². The molecule has 9 heteroatoms. The van der Waals surface area contributed by atoms with Crippen molar-refractivity contribution in [2.75, 3.05) is 6.54 Å². The molecule has 1 N–H and O–H groups in total. The SMILES string of the molecule is Cc1ccc(S(=O)(=O)NCC(c2ccco2)S(=O)(=O)c2cccs2)cc1. The maximum atomic E-state index is 12.9. The van der Waals surface area contributed by atoms with Crippen molar-refractivity contribution in [2.45, 2.75) is 21.3 Å². The average Bonchev–Trinajstić information content (AvgIpc) is 3.29. The van der Waals surface area contributed by atoms with E-state index >= 15 is 0 Å². The highest BCUT2D eigenvalue weighted by Crippen LogP contribution is 2.31. The molecule has 2 aromatic heterocycles. The Morgan fingerprint density at radius 1 is 1.04 bits per heavy atom. The molecule has 6 nitrogen and oxygen atoms in total. The normalized spacial score (nSPS) is 13.6. The molecule has 0 amide bonds. The zero-order valence-electron chi connectivity index (χ0n) is 13.8. The minimum absolute atomic E-state index is 0.0785. The van der Waals surface area contributed by atoms with Gasteiger partial charge in [-0.2, -0.15) is 0 Å². The predicted octanol–water partition coefficient (Wildman–Crippen LogP) is 3.14. The Balaban J connectivity index is 1.89. The number of hydrogen-bond acceptors (Lipinski definition) is 6. The number of hydrogen-bond donors (Lipinski definition) is 1. The molecule has 3 aromatic rings. The van der Waals surface area contributed by atoms with Gasteiger partial charge in [0.1, 0.15) is 15.2 Å². The minimum Gasteiger partial charge on any atom is -0.468 e. The third kappa shape index (κ3) is 3.90. The van der Waals surface area contributed by atoms with Gasteiger partial charge in [-0.1, -0.05) is 23.8 Å². The molecule has 2 heterocycles. The van der Waals surface area contributed by atoms with E-state index in [4.69, 9.17) is 4.42 Å². The van der Waals surface area contributed by atoms with Gasteiger partial charge >= 0.3 is 0 Å². The molecule has 0 aliphatic carbocycles. The number of rotatable bonds is 7. The van der Waals surface area contributed by atoms with Crippen molar-refractivity contribution < 1.29 is 21.3 Å². The Kier molecular flexibility index (Phi) is 5.33. The summed E-state index contributed by atoms with van der Waals surface area (Å²) in [5.41, 5.74) is 0.928. The van der Waals surface area contributed by atoms with Crippen LogP contribution in [0, 0.1) is 6.92 Å². The topological polar surface area (TPSA) is 93.4 Å². The first-order valence-corrected chi connectivity index (χ1v) is 11.6. The molecular formula is C17H17NO5S3. The molecule has 0 radical (unpaired) electrons. The Morgan fingerprint density at radius 2 is 1.77 bits per heavy atom. The maximum Gasteiger partial charge on any atom is 0.240 e. The first kappa shape index (κ1) is 18.8. The summed E-state index contributed by atoms with van der Waals surface area (Å²) in [6, 6.07) is 12.5. The standard InChI is InChI=1S/C17H17NO5S3/c1-13-6-8-14(9-7-13)26(21,22)18-12-16(15-4-2-10-23-15)25(19,20)17-5-3-11-24-17/h2-11,16,18H,12H2,1H3. The third-order valence-electron chi connectivity index (χ3n) is 3.80. The molecule has 0 aliphatic rings. The van der Waals surface area contributed by atoms with Gasteiger partial charge in [0, 0.05) is 6.54 Å². The highest BCUT2D eigenvalue weighted by Gasteiger charge is 2.33. The highest BCUT2D eigenvalue weighted by atomic mass is 32.2. The van der Waals surface area contributed by atoms with Crippen molar-refractivity contribution >= 4 is 31.2 Å². The number of furan rings is 1. The van der Waals surface area contributed by atoms with Gasteiger partial charge in [0.2, 0.25) is 10.0 Å². The van der Waals surface area contributed by atoms with Crippen LogP contribution in [0.15, 0.2) is 73.7 Å². The van der Waals surface area contributed by atoms with E-state index in [0.717, 1.165) is 16.9 Å². The van der Waals surface area contributed by atoms with E-state index in [1.54, 1.807) is 29.6 Å². The Labute approximate surface area is 156 Å². The van der Waals surface area contributed by atoms with E-state index in [9.17, 15) is 16.8 Å². The second-order valence-corrected chi connectivity index (χ2v) is 10.7. The number of sulfone groups is 1. The van der Waals surface area contributed by atoms with Crippen LogP contribution in [0.3, 0.4) is 0 Å². The number of nitrogens with one attached hydrogen (secondary N) is 1. The molecule has 0 aliphatic heterocycles. The van der Waals surface area contributed by atoms with Gasteiger partial charge in [0.25, 0.3) is 0 Å². The van der Waals surface area contributed by atoms with Crippen LogP contribution in [0.4, 0.5) is 0 Å². The van der Waals surface area contributed by atoms with Crippen LogP contribution in [-0.4, -0.2) is 23.4 Å². The summed E-state index contributed by atoms with van der Waals surface area (Å²) < 4.78 is 58.6. The number of aryl methyl sites for hydroxylation is 1. The fourth-order valence-electron chi connectivity index (χ4n) is 2.39. The Hall–Kier alpha value is -1.94. The second kappa shape index (κ2) is 7.36. The van der Waals surface area contributed by atoms with E-state index < -0.39 is 25.1 Å². The summed E-state index contributed by atoms with van der Waals surface area (Å²) in [5, 5.41) is 0.499. The lowest BCUT2D eigenvalue weighted by Gasteiger charge is -2.16. The lowest BCUT2D eigenvalue weighted by molar-refractivity contribution is 0.487. The van der Waals surface area contributed by atoms with Crippen LogP contribution in [-0.2, 0) is 19.9 Å². The molecule has 3 rings (SSSR count). The fourth-order valence-corrected chi connectivity index (χ4v) is 6.33. The zero-order chi connectivity index (χ0) is 18.8. The molecule has 26 heavy (non-hydrogen) atoms. The second-order valence-electron chi connectivity index (χ2n) is 5.65. The van der Waals surface area contributed by atoms with Crippen LogP contribution in [0.25, 0.3) is 0 Å². The first-order chi connectivity index (χ1) is 12.3. The molecule has 138 valence electrons. The zero-order valence-corrected chi connectivity index (χ0v) is 16.3. The molecular weight excluding hydrogens is 394 g/mol. The van der Waals surface area contributed by atoms with Crippen molar-refractivity contribution in [3.8, 4) is 0 Å². The van der Waals surface area contributed by atoms with Crippen molar-refractivity contribution in [1.82, 2.24) is 4.72 Å². The summed E-state index contributed by atoms with van der Waals surface area (Å²) in [6.45, 7) is 1.52. The summed E-state index contributed by atoms with van der Waals surface area (Å²) in [6.07, 6.45) is 1.36. The maximum absolute atomic E-state index is 12.9. The van der Waals surface area contributed by atoms with Crippen LogP contribution >= 0.6 is 11.3 Å². The third-order valence-corrected chi connectivity index (χ3v) is 8.73. The molecule has 1 aromatic carbocycles. The van der Waals surface area contributed by atoms with Crippen molar-refractivity contribution in [3.63, 3.8) is 0 Å². The largest absolute Gasteiger partial charge is 0.468 e. The van der Waals surface area contributed by atoms with Crippen molar-refractivity contribution in [2.24, 2.45) is 0 Å². The summed E-state index contributed by atoms with van der Waals surface area (Å²) >= 11 is 1.08. The smallest absolute Gasteiger partial charge is 0.240 e. The lowest BCUT2D eigenvalue weighted by Crippen LogP contribution is -2.31.